The third-order valence-corrected chi connectivity index (χ3v) is 4.12. The highest BCUT2D eigenvalue weighted by Gasteiger charge is 2.44. The van der Waals surface area contributed by atoms with E-state index in [1.807, 2.05) is 13.0 Å². The van der Waals surface area contributed by atoms with Gasteiger partial charge in [0.05, 0.1) is 17.9 Å². The van der Waals surface area contributed by atoms with E-state index in [1.54, 1.807) is 11.8 Å². The van der Waals surface area contributed by atoms with E-state index < -0.39 is 5.97 Å². The fourth-order valence-electron chi connectivity index (χ4n) is 1.72. The van der Waals surface area contributed by atoms with Gasteiger partial charge in [-0.2, -0.15) is 11.8 Å². The summed E-state index contributed by atoms with van der Waals surface area (Å²) in [6.45, 7) is 1.89. The molecule has 0 bridgehead atoms. The van der Waals surface area contributed by atoms with Gasteiger partial charge < -0.3 is 9.63 Å². The van der Waals surface area contributed by atoms with Crippen molar-refractivity contribution in [3.63, 3.8) is 0 Å². The van der Waals surface area contributed by atoms with Gasteiger partial charge >= 0.3 is 5.97 Å². The lowest BCUT2D eigenvalue weighted by Gasteiger charge is -2.10. The highest BCUT2D eigenvalue weighted by Crippen LogP contribution is 2.51. The summed E-state index contributed by atoms with van der Waals surface area (Å²) in [4.78, 5) is 10.7. The minimum atomic E-state index is -0.686. The van der Waals surface area contributed by atoms with Crippen molar-refractivity contribution < 1.29 is 14.4 Å². The fraction of sp³-hybridized carbons (Fsp3) is 0.636. The number of carbonyl (C=O) groups is 1. The first-order valence-corrected chi connectivity index (χ1v) is 6.47. The molecule has 0 atom stereocenters. The molecule has 0 amide bonds. The number of aromatic nitrogens is 1. The maximum Gasteiger partial charge on any atom is 0.303 e. The maximum absolute atomic E-state index is 10.7. The van der Waals surface area contributed by atoms with E-state index in [-0.39, 0.29) is 5.41 Å². The van der Waals surface area contributed by atoms with Gasteiger partial charge in [0.1, 0.15) is 5.76 Å². The lowest BCUT2D eigenvalue weighted by atomic mass is 10.1. The Hall–Kier alpha value is -0.970. The largest absolute Gasteiger partial charge is 0.481 e. The topological polar surface area (TPSA) is 63.3 Å². The van der Waals surface area contributed by atoms with E-state index in [0.717, 1.165) is 35.8 Å². The highest BCUT2D eigenvalue weighted by atomic mass is 32.2. The Morgan fingerprint density at radius 2 is 2.44 bits per heavy atom. The molecule has 0 spiro atoms. The first-order valence-electron chi connectivity index (χ1n) is 5.31. The average molecular weight is 241 g/mol. The number of carboxylic acids is 1. The van der Waals surface area contributed by atoms with Crippen molar-refractivity contribution in [2.75, 3.05) is 5.75 Å². The van der Waals surface area contributed by atoms with Crippen LogP contribution in [0.5, 0.6) is 0 Å². The number of aryl methyl sites for hydroxylation is 1. The molecule has 16 heavy (non-hydrogen) atoms. The normalized spacial score (nSPS) is 17.3. The van der Waals surface area contributed by atoms with E-state index in [4.69, 9.17) is 9.63 Å². The average Bonchev–Trinajstić information content (AvgIpc) is 2.80. The Bertz CT molecular complexity index is 384. The van der Waals surface area contributed by atoms with Crippen LogP contribution < -0.4 is 0 Å². The van der Waals surface area contributed by atoms with Crippen LogP contribution in [0.3, 0.4) is 0 Å². The van der Waals surface area contributed by atoms with Crippen LogP contribution in [0, 0.1) is 12.3 Å². The molecule has 1 aromatic rings. The second-order valence-electron chi connectivity index (χ2n) is 4.50. The van der Waals surface area contributed by atoms with Gasteiger partial charge in [0.2, 0.25) is 0 Å². The zero-order valence-corrected chi connectivity index (χ0v) is 10.0. The zero-order chi connectivity index (χ0) is 11.6. The summed E-state index contributed by atoms with van der Waals surface area (Å²) in [6.07, 6.45) is 2.39. The van der Waals surface area contributed by atoms with Crippen LogP contribution in [0.1, 0.15) is 30.7 Å². The van der Waals surface area contributed by atoms with Crippen LogP contribution in [0.2, 0.25) is 0 Å². The quantitative estimate of drug-likeness (QED) is 0.829. The summed E-state index contributed by atoms with van der Waals surface area (Å²) >= 11 is 1.73. The molecule has 1 aromatic heterocycles. The van der Waals surface area contributed by atoms with Crippen molar-refractivity contribution in [2.45, 2.75) is 31.9 Å². The summed E-state index contributed by atoms with van der Waals surface area (Å²) in [5.74, 6) is 1.86. The van der Waals surface area contributed by atoms with Crippen LogP contribution in [0.15, 0.2) is 10.6 Å². The van der Waals surface area contributed by atoms with Crippen molar-refractivity contribution in [3.05, 3.63) is 17.5 Å². The third-order valence-electron chi connectivity index (χ3n) is 2.81. The molecule has 0 aromatic carbocycles. The molecule has 1 aliphatic carbocycles. The molecular weight excluding hydrogens is 226 g/mol. The lowest BCUT2D eigenvalue weighted by molar-refractivity contribution is -0.138. The molecule has 0 radical (unpaired) electrons. The summed E-state index contributed by atoms with van der Waals surface area (Å²) in [5, 5.41) is 12.6. The van der Waals surface area contributed by atoms with Gasteiger partial charge in [-0.3, -0.25) is 4.79 Å². The lowest BCUT2D eigenvalue weighted by Crippen LogP contribution is -2.11. The Labute approximate surface area is 98.4 Å². The molecule has 4 nitrogen and oxygen atoms in total. The Kier molecular flexibility index (Phi) is 3.23. The number of hydrogen-bond acceptors (Lipinski definition) is 4. The van der Waals surface area contributed by atoms with Crippen molar-refractivity contribution in [1.29, 1.82) is 0 Å². The van der Waals surface area contributed by atoms with Crippen molar-refractivity contribution >= 4 is 17.7 Å². The molecule has 0 aliphatic heterocycles. The molecule has 0 saturated heterocycles. The summed E-state index contributed by atoms with van der Waals surface area (Å²) in [6, 6.07) is 1.92. The number of aliphatic carboxylic acids is 1. The number of hydrogen-bond donors (Lipinski definition) is 1. The Morgan fingerprint density at radius 1 is 1.69 bits per heavy atom. The molecule has 5 heteroatoms. The van der Waals surface area contributed by atoms with Crippen LogP contribution >= 0.6 is 11.8 Å². The van der Waals surface area contributed by atoms with Gasteiger partial charge in [-0.1, -0.05) is 5.16 Å². The number of nitrogens with zero attached hydrogens (tertiary/aromatic N) is 1. The smallest absolute Gasteiger partial charge is 0.303 e. The zero-order valence-electron chi connectivity index (χ0n) is 9.23. The predicted molar refractivity (Wildman–Crippen MR) is 61.3 cm³/mol. The monoisotopic (exact) mass is 241 g/mol. The van der Waals surface area contributed by atoms with Gasteiger partial charge in [-0.25, -0.2) is 0 Å². The molecule has 88 valence electrons. The first kappa shape index (κ1) is 11.5. The Balaban J connectivity index is 1.74. The minimum Gasteiger partial charge on any atom is -0.481 e. The van der Waals surface area contributed by atoms with E-state index >= 15 is 0 Å². The van der Waals surface area contributed by atoms with E-state index in [0.29, 0.717) is 6.42 Å². The molecule has 1 aliphatic rings. The van der Waals surface area contributed by atoms with E-state index in [9.17, 15) is 4.79 Å². The maximum atomic E-state index is 10.7. The second-order valence-corrected chi connectivity index (χ2v) is 5.48. The Morgan fingerprint density at radius 3 is 2.94 bits per heavy atom. The van der Waals surface area contributed by atoms with Crippen LogP contribution in [0.25, 0.3) is 0 Å². The van der Waals surface area contributed by atoms with Gasteiger partial charge in [-0.15, -0.1) is 0 Å². The minimum absolute atomic E-state index is 0.0611. The molecule has 1 N–H and O–H groups in total. The number of rotatable bonds is 6. The van der Waals surface area contributed by atoms with Gasteiger partial charge in [-0.05, 0) is 30.9 Å². The SMILES string of the molecule is Cc1cc(CSCC2(CC(=O)O)CC2)on1. The molecular formula is C11H15NO3S. The fourth-order valence-corrected chi connectivity index (χ4v) is 2.99. The van der Waals surface area contributed by atoms with E-state index in [1.165, 1.54) is 0 Å². The van der Waals surface area contributed by atoms with Crippen molar-refractivity contribution in [1.82, 2.24) is 5.16 Å². The first-order chi connectivity index (χ1) is 7.60. The molecule has 0 unspecified atom stereocenters. The molecule has 1 heterocycles. The highest BCUT2D eigenvalue weighted by molar-refractivity contribution is 7.98. The number of carboxylic acid groups (broad SMARTS) is 1. The van der Waals surface area contributed by atoms with Gasteiger partial charge in [0.15, 0.2) is 0 Å². The summed E-state index contributed by atoms with van der Waals surface area (Å²) in [5.41, 5.74) is 0.952. The van der Waals surface area contributed by atoms with Crippen LogP contribution in [0.4, 0.5) is 0 Å². The third kappa shape index (κ3) is 3.01. The molecule has 1 saturated carbocycles. The van der Waals surface area contributed by atoms with Crippen LogP contribution in [-0.2, 0) is 10.5 Å². The van der Waals surface area contributed by atoms with Crippen molar-refractivity contribution in [3.8, 4) is 0 Å². The van der Waals surface area contributed by atoms with Gasteiger partial charge in [0, 0.05) is 6.07 Å². The molecule has 2 rings (SSSR count). The second kappa shape index (κ2) is 4.49. The van der Waals surface area contributed by atoms with Crippen molar-refractivity contribution in [2.24, 2.45) is 5.41 Å². The predicted octanol–water partition coefficient (Wildman–Crippen LogP) is 2.47. The van der Waals surface area contributed by atoms with E-state index in [2.05, 4.69) is 5.16 Å². The summed E-state index contributed by atoms with van der Waals surface area (Å²) in [7, 11) is 0. The van der Waals surface area contributed by atoms with Crippen LogP contribution in [-0.4, -0.2) is 22.0 Å². The standard InChI is InChI=1S/C11H15NO3S/c1-8-4-9(15-12-8)6-16-7-11(2-3-11)5-10(13)14/h4H,2-3,5-7H2,1H3,(H,13,14). The summed E-state index contributed by atoms with van der Waals surface area (Å²) < 4.78 is 5.09. The van der Waals surface area contributed by atoms with Gasteiger partial charge in [0.25, 0.3) is 0 Å². The number of thioether (sulfide) groups is 1. The molecule has 1 fully saturated rings.